The van der Waals surface area contributed by atoms with Gasteiger partial charge in [-0.25, -0.2) is 9.59 Å². The average Bonchev–Trinajstić information content (AvgIpc) is 2.36. The Balaban J connectivity index is 2.20. The van der Waals surface area contributed by atoms with Gasteiger partial charge < -0.3 is 19.6 Å². The van der Waals surface area contributed by atoms with E-state index in [-0.39, 0.29) is 12.1 Å². The number of likely N-dealkylation sites (tertiary alicyclic amines) is 1. The molecule has 0 saturated carbocycles. The van der Waals surface area contributed by atoms with Crippen LogP contribution in [0.5, 0.6) is 0 Å². The van der Waals surface area contributed by atoms with Gasteiger partial charge in [0.05, 0.1) is 19.3 Å². The van der Waals surface area contributed by atoms with E-state index in [1.807, 2.05) is 20.8 Å². The van der Waals surface area contributed by atoms with Gasteiger partial charge >= 0.3 is 12.0 Å². The quantitative estimate of drug-likeness (QED) is 0.790. The Kier molecular flexibility index (Phi) is 4.22. The number of piperidine rings is 1. The first-order valence-electron chi connectivity index (χ1n) is 7.22. The number of hydrogen-bond donors (Lipinski definition) is 1. The van der Waals surface area contributed by atoms with Crippen molar-refractivity contribution in [3.05, 3.63) is 0 Å². The third-order valence-corrected chi connectivity index (χ3v) is 4.36. The highest BCUT2D eigenvalue weighted by molar-refractivity contribution is 5.84. The topological polar surface area (TPSA) is 70.1 Å². The molecule has 2 rings (SSSR count). The summed E-state index contributed by atoms with van der Waals surface area (Å²) in [5.41, 5.74) is -0.394. The van der Waals surface area contributed by atoms with Gasteiger partial charge in [0.15, 0.2) is 0 Å². The molecule has 0 spiro atoms. The summed E-state index contributed by atoms with van der Waals surface area (Å²) in [5, 5.41) is 9.52. The smallest absolute Gasteiger partial charge is 0.327 e. The summed E-state index contributed by atoms with van der Waals surface area (Å²) in [6, 6.07) is -0.921. The second kappa shape index (κ2) is 5.60. The fourth-order valence-electron chi connectivity index (χ4n) is 3.24. The number of morpholine rings is 1. The average molecular weight is 284 g/mol. The molecule has 6 nitrogen and oxygen atoms in total. The van der Waals surface area contributed by atoms with Crippen LogP contribution in [-0.4, -0.2) is 65.3 Å². The van der Waals surface area contributed by atoms with Crippen LogP contribution < -0.4 is 0 Å². The molecule has 0 aliphatic carbocycles. The van der Waals surface area contributed by atoms with Gasteiger partial charge in [0.2, 0.25) is 0 Å². The molecule has 0 bridgehead atoms. The third kappa shape index (κ3) is 2.75. The largest absolute Gasteiger partial charge is 0.480 e. The lowest BCUT2D eigenvalue weighted by atomic mass is 9.76. The normalized spacial score (nSPS) is 30.1. The van der Waals surface area contributed by atoms with Crippen molar-refractivity contribution in [2.75, 3.05) is 26.3 Å². The highest BCUT2D eigenvalue weighted by Crippen LogP contribution is 2.36. The van der Waals surface area contributed by atoms with Crippen molar-refractivity contribution in [2.45, 2.75) is 45.7 Å². The van der Waals surface area contributed by atoms with E-state index in [0.29, 0.717) is 26.3 Å². The number of carboxylic acid groups (broad SMARTS) is 1. The summed E-state index contributed by atoms with van der Waals surface area (Å²) in [7, 11) is 0. The fourth-order valence-corrected chi connectivity index (χ4v) is 3.24. The van der Waals surface area contributed by atoms with Gasteiger partial charge in [-0.2, -0.15) is 0 Å². The lowest BCUT2D eigenvalue weighted by Gasteiger charge is -2.46. The lowest BCUT2D eigenvalue weighted by molar-refractivity contribution is -0.149. The second-order valence-corrected chi connectivity index (χ2v) is 6.43. The second-order valence-electron chi connectivity index (χ2n) is 6.43. The van der Waals surface area contributed by atoms with Crippen molar-refractivity contribution in [3.8, 4) is 0 Å². The van der Waals surface area contributed by atoms with E-state index < -0.39 is 17.4 Å². The Morgan fingerprint density at radius 3 is 2.55 bits per heavy atom. The fraction of sp³-hybridized carbons (Fsp3) is 0.857. The van der Waals surface area contributed by atoms with E-state index in [0.717, 1.165) is 12.8 Å². The Morgan fingerprint density at radius 1 is 1.25 bits per heavy atom. The zero-order chi connectivity index (χ0) is 14.9. The minimum atomic E-state index is -0.913. The van der Waals surface area contributed by atoms with Gasteiger partial charge in [-0.1, -0.05) is 13.8 Å². The molecule has 0 aromatic carbocycles. The molecular weight excluding hydrogens is 260 g/mol. The van der Waals surface area contributed by atoms with Crippen molar-refractivity contribution in [1.29, 1.82) is 0 Å². The summed E-state index contributed by atoms with van der Waals surface area (Å²) in [5.74, 6) is -0.913. The first-order chi connectivity index (χ1) is 9.34. The molecule has 2 heterocycles. The monoisotopic (exact) mass is 284 g/mol. The summed E-state index contributed by atoms with van der Waals surface area (Å²) < 4.78 is 5.34. The van der Waals surface area contributed by atoms with Crippen LogP contribution in [0.25, 0.3) is 0 Å². The number of hydrogen-bond acceptors (Lipinski definition) is 3. The van der Waals surface area contributed by atoms with E-state index >= 15 is 0 Å². The number of nitrogens with zero attached hydrogens (tertiary/aromatic N) is 2. The summed E-state index contributed by atoms with van der Waals surface area (Å²) in [4.78, 5) is 27.6. The van der Waals surface area contributed by atoms with Gasteiger partial charge in [0.25, 0.3) is 0 Å². The summed E-state index contributed by atoms with van der Waals surface area (Å²) in [6.07, 6.45) is 1.67. The predicted octanol–water partition coefficient (Wildman–Crippen LogP) is 1.40. The SMILES string of the molecule is CC1COCCN1C(=O)N1CCCC(C)(C)C1C(=O)O. The molecule has 2 aliphatic heterocycles. The molecule has 2 amide bonds. The van der Waals surface area contributed by atoms with Crippen molar-refractivity contribution >= 4 is 12.0 Å². The molecule has 0 aromatic heterocycles. The third-order valence-electron chi connectivity index (χ3n) is 4.36. The molecule has 0 radical (unpaired) electrons. The highest BCUT2D eigenvalue weighted by Gasteiger charge is 2.46. The standard InChI is InChI=1S/C14H24N2O4/c1-10-9-20-8-7-15(10)13(19)16-6-4-5-14(2,3)11(16)12(17)18/h10-11H,4-9H2,1-3H3,(H,17,18). The van der Waals surface area contributed by atoms with Crippen molar-refractivity contribution in [3.63, 3.8) is 0 Å². The van der Waals surface area contributed by atoms with Gasteiger partial charge in [-0.15, -0.1) is 0 Å². The van der Waals surface area contributed by atoms with E-state index in [1.165, 1.54) is 4.90 Å². The Morgan fingerprint density at radius 2 is 1.95 bits per heavy atom. The number of carbonyl (C=O) groups excluding carboxylic acids is 1. The molecule has 2 unspecified atom stereocenters. The summed E-state index contributed by atoms with van der Waals surface area (Å²) in [6.45, 7) is 7.86. The van der Waals surface area contributed by atoms with Crippen LogP contribution in [0.1, 0.15) is 33.6 Å². The molecular formula is C14H24N2O4. The lowest BCUT2D eigenvalue weighted by Crippen LogP contribution is -2.61. The molecule has 20 heavy (non-hydrogen) atoms. The number of carbonyl (C=O) groups is 2. The highest BCUT2D eigenvalue weighted by atomic mass is 16.5. The van der Waals surface area contributed by atoms with E-state index in [2.05, 4.69) is 0 Å². The zero-order valence-electron chi connectivity index (χ0n) is 12.5. The van der Waals surface area contributed by atoms with Gasteiger partial charge in [-0.05, 0) is 25.2 Å². The minimum absolute atomic E-state index is 0.00395. The number of amides is 2. The molecule has 1 N–H and O–H groups in total. The van der Waals surface area contributed by atoms with Crippen LogP contribution in [0, 0.1) is 5.41 Å². The zero-order valence-corrected chi connectivity index (χ0v) is 12.5. The Hall–Kier alpha value is -1.30. The first-order valence-corrected chi connectivity index (χ1v) is 7.22. The molecule has 2 fully saturated rings. The maximum atomic E-state index is 12.7. The van der Waals surface area contributed by atoms with Crippen LogP contribution >= 0.6 is 0 Å². The van der Waals surface area contributed by atoms with Crippen LogP contribution in [0.2, 0.25) is 0 Å². The van der Waals surface area contributed by atoms with Crippen molar-refractivity contribution < 1.29 is 19.4 Å². The van der Waals surface area contributed by atoms with Crippen LogP contribution in [-0.2, 0) is 9.53 Å². The maximum Gasteiger partial charge on any atom is 0.327 e. The molecule has 0 aromatic rings. The molecule has 2 saturated heterocycles. The van der Waals surface area contributed by atoms with Crippen LogP contribution in [0.15, 0.2) is 0 Å². The summed E-state index contributed by atoms with van der Waals surface area (Å²) >= 11 is 0. The first kappa shape index (κ1) is 15.1. The Labute approximate surface area is 119 Å². The van der Waals surface area contributed by atoms with Gasteiger partial charge in [0.1, 0.15) is 6.04 Å². The van der Waals surface area contributed by atoms with E-state index in [1.54, 1.807) is 4.90 Å². The van der Waals surface area contributed by atoms with Gasteiger partial charge in [-0.3, -0.25) is 0 Å². The van der Waals surface area contributed by atoms with Crippen molar-refractivity contribution in [2.24, 2.45) is 5.41 Å². The number of aliphatic carboxylic acids is 1. The Bertz CT molecular complexity index is 397. The predicted molar refractivity (Wildman–Crippen MR) is 73.5 cm³/mol. The van der Waals surface area contributed by atoms with Crippen LogP contribution in [0.4, 0.5) is 4.79 Å². The number of urea groups is 1. The molecule has 114 valence electrons. The minimum Gasteiger partial charge on any atom is -0.480 e. The van der Waals surface area contributed by atoms with Gasteiger partial charge in [0, 0.05) is 13.1 Å². The molecule has 6 heteroatoms. The number of carboxylic acids is 1. The molecule has 2 atom stereocenters. The van der Waals surface area contributed by atoms with Crippen molar-refractivity contribution in [1.82, 2.24) is 9.80 Å². The number of rotatable bonds is 1. The van der Waals surface area contributed by atoms with E-state index in [4.69, 9.17) is 4.74 Å². The van der Waals surface area contributed by atoms with Crippen LogP contribution in [0.3, 0.4) is 0 Å². The number of ether oxygens (including phenoxy) is 1. The van der Waals surface area contributed by atoms with E-state index in [9.17, 15) is 14.7 Å². The maximum absolute atomic E-state index is 12.7. The molecule has 2 aliphatic rings.